The monoisotopic (exact) mass is 397 g/mol. The fraction of sp³-hybridized carbons (Fsp3) is 0.524. The van der Waals surface area contributed by atoms with Crippen molar-refractivity contribution in [2.75, 3.05) is 26.2 Å². The van der Waals surface area contributed by atoms with Crippen LogP contribution in [0.15, 0.2) is 35.3 Å². The van der Waals surface area contributed by atoms with E-state index in [0.717, 1.165) is 32.2 Å². The number of para-hydroxylation sites is 1. The lowest BCUT2D eigenvalue weighted by atomic mass is 9.97. The van der Waals surface area contributed by atoms with E-state index in [0.29, 0.717) is 30.5 Å². The van der Waals surface area contributed by atoms with Gasteiger partial charge in [0, 0.05) is 25.0 Å². The predicted molar refractivity (Wildman–Crippen MR) is 109 cm³/mol. The zero-order chi connectivity index (χ0) is 20.2. The van der Waals surface area contributed by atoms with E-state index in [9.17, 15) is 14.4 Å². The van der Waals surface area contributed by atoms with Crippen molar-refractivity contribution in [2.45, 2.75) is 38.3 Å². The number of benzene rings is 1. The SMILES string of the molecule is O=C(NCC1CCCN(C(=O)Cn2ncc(=O)c3ccccc32)C1)C1CCCN1. The number of piperidine rings is 1. The molecule has 8 heteroatoms. The fourth-order valence-electron chi connectivity index (χ4n) is 4.25. The number of aromatic nitrogens is 2. The Morgan fingerprint density at radius 2 is 2.07 bits per heavy atom. The van der Waals surface area contributed by atoms with Gasteiger partial charge in [-0.1, -0.05) is 12.1 Å². The van der Waals surface area contributed by atoms with Gasteiger partial charge in [-0.2, -0.15) is 5.10 Å². The minimum absolute atomic E-state index is 0.0141. The molecular weight excluding hydrogens is 370 g/mol. The molecule has 2 saturated heterocycles. The molecule has 0 saturated carbocycles. The molecule has 2 N–H and O–H groups in total. The van der Waals surface area contributed by atoms with Crippen molar-refractivity contribution in [1.82, 2.24) is 25.3 Å². The Labute approximate surface area is 169 Å². The fourth-order valence-corrected chi connectivity index (χ4v) is 4.25. The molecule has 0 spiro atoms. The lowest BCUT2D eigenvalue weighted by Gasteiger charge is -2.33. The normalized spacial score (nSPS) is 22.0. The van der Waals surface area contributed by atoms with Gasteiger partial charge in [-0.15, -0.1) is 0 Å². The highest BCUT2D eigenvalue weighted by Gasteiger charge is 2.26. The first kappa shape index (κ1) is 19.6. The number of hydrogen-bond acceptors (Lipinski definition) is 5. The van der Waals surface area contributed by atoms with Crippen LogP contribution in [0.4, 0.5) is 0 Å². The van der Waals surface area contributed by atoms with Gasteiger partial charge in [0.1, 0.15) is 6.54 Å². The van der Waals surface area contributed by atoms with Crippen molar-refractivity contribution in [1.29, 1.82) is 0 Å². The highest BCUT2D eigenvalue weighted by atomic mass is 16.2. The first-order valence-corrected chi connectivity index (χ1v) is 10.4. The molecule has 2 unspecified atom stereocenters. The van der Waals surface area contributed by atoms with Crippen LogP contribution in [-0.2, 0) is 16.1 Å². The molecule has 2 aromatic rings. The van der Waals surface area contributed by atoms with Crippen molar-refractivity contribution in [2.24, 2.45) is 5.92 Å². The third kappa shape index (κ3) is 4.48. The molecule has 4 rings (SSSR count). The van der Waals surface area contributed by atoms with Gasteiger partial charge in [-0.3, -0.25) is 19.1 Å². The van der Waals surface area contributed by atoms with E-state index in [2.05, 4.69) is 15.7 Å². The number of carbonyl (C=O) groups is 2. The number of amides is 2. The van der Waals surface area contributed by atoms with Crippen molar-refractivity contribution in [3.63, 3.8) is 0 Å². The number of hydrogen-bond donors (Lipinski definition) is 2. The summed E-state index contributed by atoms with van der Waals surface area (Å²) in [6.07, 6.45) is 5.12. The second-order valence-corrected chi connectivity index (χ2v) is 7.93. The number of nitrogens with zero attached hydrogens (tertiary/aromatic N) is 3. The Morgan fingerprint density at radius 3 is 2.90 bits per heavy atom. The van der Waals surface area contributed by atoms with Crippen LogP contribution in [0.3, 0.4) is 0 Å². The number of fused-ring (bicyclic) bond motifs is 1. The van der Waals surface area contributed by atoms with E-state index < -0.39 is 0 Å². The van der Waals surface area contributed by atoms with E-state index in [4.69, 9.17) is 0 Å². The highest BCUT2D eigenvalue weighted by molar-refractivity contribution is 5.82. The summed E-state index contributed by atoms with van der Waals surface area (Å²) in [5.41, 5.74) is 0.521. The largest absolute Gasteiger partial charge is 0.354 e. The van der Waals surface area contributed by atoms with Crippen molar-refractivity contribution in [3.05, 3.63) is 40.7 Å². The molecule has 2 fully saturated rings. The molecule has 3 heterocycles. The minimum atomic E-state index is -0.144. The number of likely N-dealkylation sites (tertiary alicyclic amines) is 1. The lowest BCUT2D eigenvalue weighted by Crippen LogP contribution is -2.47. The molecule has 29 heavy (non-hydrogen) atoms. The predicted octanol–water partition coefficient (Wildman–Crippen LogP) is 0.503. The maximum atomic E-state index is 12.9. The lowest BCUT2D eigenvalue weighted by molar-refractivity contribution is -0.133. The van der Waals surface area contributed by atoms with Gasteiger partial charge in [0.15, 0.2) is 0 Å². The summed E-state index contributed by atoms with van der Waals surface area (Å²) in [5.74, 6) is 0.312. The third-order valence-corrected chi connectivity index (χ3v) is 5.86. The van der Waals surface area contributed by atoms with Crippen LogP contribution < -0.4 is 16.1 Å². The van der Waals surface area contributed by atoms with E-state index in [-0.39, 0.29) is 35.7 Å². The number of rotatable bonds is 5. The Morgan fingerprint density at radius 1 is 1.21 bits per heavy atom. The number of nitrogens with one attached hydrogen (secondary N) is 2. The summed E-state index contributed by atoms with van der Waals surface area (Å²) in [6.45, 7) is 2.95. The Balaban J connectivity index is 1.36. The summed E-state index contributed by atoms with van der Waals surface area (Å²) in [5, 5.41) is 11.0. The van der Waals surface area contributed by atoms with Gasteiger partial charge >= 0.3 is 0 Å². The van der Waals surface area contributed by atoms with Crippen LogP contribution in [-0.4, -0.2) is 58.7 Å². The van der Waals surface area contributed by atoms with Crippen LogP contribution in [0.25, 0.3) is 10.9 Å². The first-order valence-electron chi connectivity index (χ1n) is 10.4. The molecule has 2 aliphatic rings. The topological polar surface area (TPSA) is 96.3 Å². The molecule has 8 nitrogen and oxygen atoms in total. The van der Waals surface area contributed by atoms with Crippen LogP contribution in [0, 0.1) is 5.92 Å². The standard InChI is InChI=1S/C21H27N5O3/c27-19-12-24-26(18-8-2-1-6-16(18)19)14-20(28)25-10-4-5-15(13-25)11-23-21(29)17-7-3-9-22-17/h1-2,6,8,12,15,17,22H,3-5,7,9-11,13-14H2,(H,23,29). The molecule has 0 aliphatic carbocycles. The van der Waals surface area contributed by atoms with E-state index in [1.165, 1.54) is 6.20 Å². The van der Waals surface area contributed by atoms with Crippen LogP contribution in [0.1, 0.15) is 25.7 Å². The van der Waals surface area contributed by atoms with E-state index in [1.54, 1.807) is 16.8 Å². The van der Waals surface area contributed by atoms with Gasteiger partial charge in [0.05, 0.1) is 17.8 Å². The van der Waals surface area contributed by atoms with Gasteiger partial charge < -0.3 is 15.5 Å². The zero-order valence-electron chi connectivity index (χ0n) is 16.5. The molecule has 1 aromatic carbocycles. The molecule has 2 aliphatic heterocycles. The smallest absolute Gasteiger partial charge is 0.244 e. The summed E-state index contributed by atoms with van der Waals surface area (Å²) in [6, 6.07) is 7.13. The first-order chi connectivity index (χ1) is 14.1. The summed E-state index contributed by atoms with van der Waals surface area (Å²) in [7, 11) is 0. The summed E-state index contributed by atoms with van der Waals surface area (Å²) < 4.78 is 1.59. The third-order valence-electron chi connectivity index (χ3n) is 5.86. The van der Waals surface area contributed by atoms with E-state index in [1.807, 2.05) is 17.0 Å². The maximum absolute atomic E-state index is 12.9. The second kappa shape index (κ2) is 8.73. The maximum Gasteiger partial charge on any atom is 0.244 e. The van der Waals surface area contributed by atoms with Crippen molar-refractivity contribution < 1.29 is 9.59 Å². The summed E-state index contributed by atoms with van der Waals surface area (Å²) >= 11 is 0. The van der Waals surface area contributed by atoms with Crippen molar-refractivity contribution >= 4 is 22.7 Å². The average molecular weight is 397 g/mol. The Kier molecular flexibility index (Phi) is 5.89. The van der Waals surface area contributed by atoms with E-state index >= 15 is 0 Å². The molecule has 1 aromatic heterocycles. The van der Waals surface area contributed by atoms with Gasteiger partial charge in [-0.05, 0) is 50.3 Å². The summed E-state index contributed by atoms with van der Waals surface area (Å²) in [4.78, 5) is 38.9. The van der Waals surface area contributed by atoms with Gasteiger partial charge in [0.25, 0.3) is 0 Å². The van der Waals surface area contributed by atoms with Crippen LogP contribution >= 0.6 is 0 Å². The van der Waals surface area contributed by atoms with Crippen LogP contribution in [0.5, 0.6) is 0 Å². The highest BCUT2D eigenvalue weighted by Crippen LogP contribution is 2.17. The molecular formula is C21H27N5O3. The number of carbonyl (C=O) groups excluding carboxylic acids is 2. The van der Waals surface area contributed by atoms with Gasteiger partial charge in [0.2, 0.25) is 17.2 Å². The minimum Gasteiger partial charge on any atom is -0.354 e. The quantitative estimate of drug-likeness (QED) is 0.766. The molecule has 154 valence electrons. The Bertz CT molecular complexity index is 951. The molecule has 0 radical (unpaired) electrons. The molecule has 2 atom stereocenters. The molecule has 0 bridgehead atoms. The van der Waals surface area contributed by atoms with Crippen molar-refractivity contribution in [3.8, 4) is 0 Å². The molecule has 2 amide bonds. The zero-order valence-corrected chi connectivity index (χ0v) is 16.5. The van der Waals surface area contributed by atoms with Crippen LogP contribution in [0.2, 0.25) is 0 Å². The van der Waals surface area contributed by atoms with Gasteiger partial charge in [-0.25, -0.2) is 0 Å². The second-order valence-electron chi connectivity index (χ2n) is 7.93. The average Bonchev–Trinajstić information content (AvgIpc) is 3.29. The Hall–Kier alpha value is -2.74.